The zero-order valence-electron chi connectivity index (χ0n) is 22.7. The second-order valence-corrected chi connectivity index (χ2v) is 10.8. The summed E-state index contributed by atoms with van der Waals surface area (Å²) in [5, 5.41) is 0.627. The van der Waals surface area contributed by atoms with Crippen molar-refractivity contribution in [2.24, 2.45) is 0 Å². The van der Waals surface area contributed by atoms with E-state index in [9.17, 15) is 14.0 Å². The summed E-state index contributed by atoms with van der Waals surface area (Å²) in [6.45, 7) is 10.3. The number of halogens is 3. The Kier molecular flexibility index (Phi) is 6.53. The van der Waals surface area contributed by atoms with Crippen LogP contribution < -0.4 is 15.3 Å². The van der Waals surface area contributed by atoms with E-state index in [1.165, 1.54) is 16.7 Å². The van der Waals surface area contributed by atoms with Crippen LogP contribution in [-0.4, -0.2) is 51.0 Å². The average molecular weight is 578 g/mol. The number of nitrogens with zero attached hydrogens (tertiary/aromatic N) is 5. The van der Waals surface area contributed by atoms with Crippen LogP contribution in [0.1, 0.15) is 23.6 Å². The fraction of sp³-hybridized carbons (Fsp3) is 0.267. The number of hydrogen-bond donors (Lipinski definition) is 0. The number of aryl methyl sites for hydroxylation is 2. The van der Waals surface area contributed by atoms with Crippen LogP contribution in [0.15, 0.2) is 48.0 Å². The molecule has 1 amide bonds. The highest BCUT2D eigenvalue weighted by atomic mass is 35.5. The van der Waals surface area contributed by atoms with Crippen molar-refractivity contribution in [2.75, 3.05) is 24.5 Å². The molecule has 0 N–H and O–H groups in total. The minimum absolute atomic E-state index is 0.00334. The standard InChI is InChI=1S/C30H26ClF2N5O3/c1-5-22(39)36-8-9-37(17(4)13-36)29-19-10-20(31)24-23-18(6-7-21(32)25(23)33)14-41-28(24)27(19)38(30(40)35-29)26-15(2)11-34-12-16(26)3/h5-7,10-12,17H,1,8-9,13-14H2,2-4H3/t17-/m0/s1. The predicted molar refractivity (Wildman–Crippen MR) is 153 cm³/mol. The highest BCUT2D eigenvalue weighted by Gasteiger charge is 2.34. The Bertz CT molecular complexity index is 1820. The lowest BCUT2D eigenvalue weighted by atomic mass is 9.94. The van der Waals surface area contributed by atoms with Gasteiger partial charge >= 0.3 is 5.69 Å². The van der Waals surface area contributed by atoms with Gasteiger partial charge in [0.1, 0.15) is 17.9 Å². The maximum absolute atomic E-state index is 15.3. The number of hydrogen-bond acceptors (Lipinski definition) is 6. The quantitative estimate of drug-likeness (QED) is 0.315. The second kappa shape index (κ2) is 9.95. The summed E-state index contributed by atoms with van der Waals surface area (Å²) in [6, 6.07) is 3.94. The Labute approximate surface area is 239 Å². The van der Waals surface area contributed by atoms with E-state index in [4.69, 9.17) is 16.3 Å². The molecule has 8 nitrogen and oxygen atoms in total. The maximum Gasteiger partial charge on any atom is 0.354 e. The molecule has 11 heteroatoms. The summed E-state index contributed by atoms with van der Waals surface area (Å²) in [4.78, 5) is 38.6. The lowest BCUT2D eigenvalue weighted by molar-refractivity contribution is -0.126. The van der Waals surface area contributed by atoms with Gasteiger partial charge in [-0.1, -0.05) is 24.2 Å². The van der Waals surface area contributed by atoms with E-state index in [-0.39, 0.29) is 40.5 Å². The van der Waals surface area contributed by atoms with Crippen molar-refractivity contribution in [1.29, 1.82) is 0 Å². The van der Waals surface area contributed by atoms with Gasteiger partial charge in [0.25, 0.3) is 0 Å². The summed E-state index contributed by atoms with van der Waals surface area (Å²) in [6.07, 6.45) is 4.56. The molecule has 1 saturated heterocycles. The molecule has 4 aromatic rings. The molecule has 6 rings (SSSR count). The van der Waals surface area contributed by atoms with Crippen LogP contribution in [0, 0.1) is 25.5 Å². The molecule has 0 saturated carbocycles. The van der Waals surface area contributed by atoms with Crippen LogP contribution in [-0.2, 0) is 11.4 Å². The number of amides is 1. The van der Waals surface area contributed by atoms with E-state index >= 15 is 4.39 Å². The van der Waals surface area contributed by atoms with Crippen LogP contribution in [0.4, 0.5) is 14.6 Å². The molecule has 1 atom stereocenters. The molecule has 2 aliphatic rings. The fourth-order valence-corrected chi connectivity index (χ4v) is 6.17. The lowest BCUT2D eigenvalue weighted by Gasteiger charge is -2.40. The van der Waals surface area contributed by atoms with E-state index < -0.39 is 17.3 Å². The monoisotopic (exact) mass is 577 g/mol. The first kappa shape index (κ1) is 26.9. The first-order valence-electron chi connectivity index (χ1n) is 13.1. The van der Waals surface area contributed by atoms with E-state index in [1.54, 1.807) is 23.4 Å². The number of anilines is 1. The highest BCUT2D eigenvalue weighted by molar-refractivity contribution is 6.35. The summed E-state index contributed by atoms with van der Waals surface area (Å²) in [7, 11) is 0. The second-order valence-electron chi connectivity index (χ2n) is 10.3. The summed E-state index contributed by atoms with van der Waals surface area (Å²) < 4.78 is 37.4. The van der Waals surface area contributed by atoms with Gasteiger partial charge in [-0.3, -0.25) is 14.3 Å². The Morgan fingerprint density at radius 2 is 1.90 bits per heavy atom. The molecule has 41 heavy (non-hydrogen) atoms. The first-order chi connectivity index (χ1) is 19.6. The van der Waals surface area contributed by atoms with Crippen molar-refractivity contribution >= 4 is 34.2 Å². The summed E-state index contributed by atoms with van der Waals surface area (Å²) in [5.74, 6) is -1.70. The van der Waals surface area contributed by atoms with Crippen molar-refractivity contribution in [2.45, 2.75) is 33.4 Å². The average Bonchev–Trinajstić information content (AvgIpc) is 2.95. The van der Waals surface area contributed by atoms with Crippen LogP contribution in [0.25, 0.3) is 27.7 Å². The third-order valence-corrected chi connectivity index (χ3v) is 8.06. The number of fused-ring (bicyclic) bond motifs is 5. The van der Waals surface area contributed by atoms with Gasteiger partial charge in [-0.2, -0.15) is 4.98 Å². The van der Waals surface area contributed by atoms with Gasteiger partial charge < -0.3 is 14.5 Å². The SMILES string of the molecule is C=CC(=O)N1CCN(c2nc(=O)n(-c3c(C)cncc3C)c3c4c(c(Cl)cc23)-c2c(ccc(F)c2F)CO4)[C@@H](C)C1. The van der Waals surface area contributed by atoms with Crippen LogP contribution in [0.3, 0.4) is 0 Å². The summed E-state index contributed by atoms with van der Waals surface area (Å²) in [5.41, 5.74) is 2.35. The molecule has 2 aromatic heterocycles. The van der Waals surface area contributed by atoms with Gasteiger partial charge in [0, 0.05) is 60.1 Å². The van der Waals surface area contributed by atoms with E-state index in [0.29, 0.717) is 58.7 Å². The molecule has 0 radical (unpaired) electrons. The predicted octanol–water partition coefficient (Wildman–Crippen LogP) is 5.11. The van der Waals surface area contributed by atoms with Gasteiger partial charge in [-0.25, -0.2) is 13.6 Å². The zero-order valence-corrected chi connectivity index (χ0v) is 23.4. The van der Waals surface area contributed by atoms with Gasteiger partial charge in [-0.05, 0) is 50.1 Å². The molecule has 2 aromatic carbocycles. The Morgan fingerprint density at radius 1 is 1.17 bits per heavy atom. The third kappa shape index (κ3) is 4.16. The van der Waals surface area contributed by atoms with Crippen molar-refractivity contribution in [3.05, 3.63) is 87.1 Å². The molecule has 0 bridgehead atoms. The molecule has 0 spiro atoms. The topological polar surface area (TPSA) is 80.6 Å². The number of pyridine rings is 1. The highest BCUT2D eigenvalue weighted by Crippen LogP contribution is 2.49. The molecule has 210 valence electrons. The molecule has 4 heterocycles. The maximum atomic E-state index is 15.3. The van der Waals surface area contributed by atoms with Crippen molar-refractivity contribution in [3.8, 4) is 22.6 Å². The van der Waals surface area contributed by atoms with E-state index in [0.717, 1.165) is 6.07 Å². The first-order valence-corrected chi connectivity index (χ1v) is 13.5. The van der Waals surface area contributed by atoms with Crippen molar-refractivity contribution in [1.82, 2.24) is 19.4 Å². The molecule has 1 fully saturated rings. The lowest BCUT2D eigenvalue weighted by Crippen LogP contribution is -2.54. The Hall–Kier alpha value is -4.31. The number of carbonyl (C=O) groups excluding carboxylic acids is 1. The summed E-state index contributed by atoms with van der Waals surface area (Å²) >= 11 is 6.83. The van der Waals surface area contributed by atoms with Gasteiger partial charge in [0.05, 0.1) is 10.7 Å². The van der Waals surface area contributed by atoms with Crippen LogP contribution in [0.5, 0.6) is 5.75 Å². The van der Waals surface area contributed by atoms with Crippen molar-refractivity contribution < 1.29 is 18.3 Å². The minimum Gasteiger partial charge on any atom is -0.486 e. The molecular formula is C30H26ClF2N5O3. The number of benzene rings is 2. The fourth-order valence-electron chi connectivity index (χ4n) is 5.88. The number of rotatable bonds is 3. The number of ether oxygens (including phenoxy) is 1. The molecule has 2 aliphatic heterocycles. The van der Waals surface area contributed by atoms with Gasteiger partial charge in [-0.15, -0.1) is 0 Å². The minimum atomic E-state index is -1.04. The van der Waals surface area contributed by atoms with Crippen LogP contribution >= 0.6 is 11.6 Å². The molecule has 0 unspecified atom stereocenters. The number of aromatic nitrogens is 3. The van der Waals surface area contributed by atoms with E-state index in [1.807, 2.05) is 25.7 Å². The number of piperazine rings is 1. The Balaban J connectivity index is 1.69. The van der Waals surface area contributed by atoms with Gasteiger partial charge in [0.2, 0.25) is 5.91 Å². The molecule has 0 aliphatic carbocycles. The normalized spacial score (nSPS) is 16.3. The molecular weight excluding hydrogens is 552 g/mol. The van der Waals surface area contributed by atoms with E-state index in [2.05, 4.69) is 16.5 Å². The van der Waals surface area contributed by atoms with Gasteiger partial charge in [0.15, 0.2) is 17.4 Å². The van der Waals surface area contributed by atoms with Crippen molar-refractivity contribution in [3.63, 3.8) is 0 Å². The smallest absolute Gasteiger partial charge is 0.354 e. The Morgan fingerprint density at radius 3 is 2.59 bits per heavy atom. The largest absolute Gasteiger partial charge is 0.486 e. The third-order valence-electron chi connectivity index (χ3n) is 7.76. The van der Waals surface area contributed by atoms with Crippen LogP contribution in [0.2, 0.25) is 5.02 Å². The number of carbonyl (C=O) groups is 1. The zero-order chi connectivity index (χ0) is 29.2.